The van der Waals surface area contributed by atoms with Gasteiger partial charge in [0.25, 0.3) is 10.0 Å². The van der Waals surface area contributed by atoms with E-state index in [1.54, 1.807) is 25.1 Å². The van der Waals surface area contributed by atoms with E-state index in [-0.39, 0.29) is 4.90 Å². The summed E-state index contributed by atoms with van der Waals surface area (Å²) >= 11 is 6.34. The maximum absolute atomic E-state index is 13.4. The summed E-state index contributed by atoms with van der Waals surface area (Å²) in [4.78, 5) is 15.6. The van der Waals surface area contributed by atoms with Crippen LogP contribution in [0.4, 0.5) is 5.69 Å². The van der Waals surface area contributed by atoms with Gasteiger partial charge < -0.3 is 9.64 Å². The van der Waals surface area contributed by atoms with Gasteiger partial charge in [-0.2, -0.15) is 0 Å². The summed E-state index contributed by atoms with van der Waals surface area (Å²) in [5, 5.41) is 0.623. The quantitative estimate of drug-likeness (QED) is 0.735. The van der Waals surface area contributed by atoms with E-state index in [9.17, 15) is 13.2 Å². The lowest BCUT2D eigenvalue weighted by Gasteiger charge is -2.31. The first-order valence-corrected chi connectivity index (χ1v) is 12.4. The first-order valence-electron chi connectivity index (χ1n) is 10.6. The van der Waals surface area contributed by atoms with Crippen LogP contribution < -0.4 is 9.62 Å². The minimum atomic E-state index is -4.04. The molecular weight excluding hydrogens is 436 g/mol. The molecule has 1 heterocycles. The zero-order valence-corrected chi connectivity index (χ0v) is 19.4. The van der Waals surface area contributed by atoms with Gasteiger partial charge in [-0.25, -0.2) is 13.1 Å². The highest BCUT2D eigenvalue weighted by molar-refractivity contribution is 7.90. The third kappa shape index (κ3) is 3.83. The second-order valence-corrected chi connectivity index (χ2v) is 10.2. The van der Waals surface area contributed by atoms with Crippen molar-refractivity contribution in [2.45, 2.75) is 43.4 Å². The van der Waals surface area contributed by atoms with Gasteiger partial charge in [0.2, 0.25) is 5.91 Å². The number of carbonyl (C=O) groups is 1. The summed E-state index contributed by atoms with van der Waals surface area (Å²) in [6.07, 6.45) is 1.69. The fourth-order valence-electron chi connectivity index (χ4n) is 4.81. The second kappa shape index (κ2) is 8.45. The van der Waals surface area contributed by atoms with Crippen LogP contribution in [0.1, 0.15) is 36.5 Å². The van der Waals surface area contributed by atoms with Gasteiger partial charge in [0.1, 0.15) is 0 Å². The SMILES string of the molecule is CCC1(C(=O)NS(=O)(=O)c2cccc(N3CCOCC3)c2C)CCc2c(Cl)cccc21. The lowest BCUT2D eigenvalue weighted by molar-refractivity contribution is -0.125. The molecule has 0 bridgehead atoms. The highest BCUT2D eigenvalue weighted by Gasteiger charge is 2.46. The normalized spacial score (nSPS) is 21.1. The number of halogens is 1. The number of carbonyl (C=O) groups excluding carboxylic acids is 1. The van der Waals surface area contributed by atoms with E-state index in [1.807, 2.05) is 25.1 Å². The molecule has 0 radical (unpaired) electrons. The number of hydrogen-bond donors (Lipinski definition) is 1. The Labute approximate surface area is 188 Å². The molecule has 1 aliphatic carbocycles. The number of sulfonamides is 1. The summed E-state index contributed by atoms with van der Waals surface area (Å²) in [6, 6.07) is 10.7. The van der Waals surface area contributed by atoms with Crippen LogP contribution in [-0.2, 0) is 31.4 Å². The minimum Gasteiger partial charge on any atom is -0.378 e. The predicted molar refractivity (Wildman–Crippen MR) is 121 cm³/mol. The summed E-state index contributed by atoms with van der Waals surface area (Å²) in [5.74, 6) is -0.493. The number of fused-ring (bicyclic) bond motifs is 1. The molecule has 1 atom stereocenters. The van der Waals surface area contributed by atoms with E-state index in [0.29, 0.717) is 56.2 Å². The Bertz CT molecular complexity index is 1110. The Hall–Kier alpha value is -2.09. The maximum Gasteiger partial charge on any atom is 0.264 e. The molecule has 2 aromatic carbocycles. The molecule has 1 saturated heterocycles. The molecule has 2 aliphatic rings. The van der Waals surface area contributed by atoms with Gasteiger partial charge in [-0.3, -0.25) is 4.79 Å². The van der Waals surface area contributed by atoms with Crippen molar-refractivity contribution in [3.05, 3.63) is 58.1 Å². The first kappa shape index (κ1) is 22.1. The number of nitrogens with one attached hydrogen (secondary N) is 1. The standard InChI is InChI=1S/C23H27ClN2O4S/c1-3-23(11-10-17-18(23)6-4-7-19(17)24)22(27)25-31(28,29)21-9-5-8-20(16(21)2)26-12-14-30-15-13-26/h4-9H,3,10-15H2,1-2H3,(H,25,27). The largest absolute Gasteiger partial charge is 0.378 e. The van der Waals surface area contributed by atoms with E-state index in [0.717, 1.165) is 16.8 Å². The lowest BCUT2D eigenvalue weighted by Crippen LogP contribution is -2.45. The molecule has 2 aromatic rings. The van der Waals surface area contributed by atoms with Crippen molar-refractivity contribution in [1.29, 1.82) is 0 Å². The van der Waals surface area contributed by atoms with E-state index >= 15 is 0 Å². The Morgan fingerprint density at radius 3 is 2.61 bits per heavy atom. The van der Waals surface area contributed by atoms with Crippen LogP contribution in [0.15, 0.2) is 41.3 Å². The molecule has 0 spiro atoms. The first-order chi connectivity index (χ1) is 14.8. The Morgan fingerprint density at radius 2 is 1.90 bits per heavy atom. The van der Waals surface area contributed by atoms with Crippen LogP contribution in [0.5, 0.6) is 0 Å². The summed E-state index contributed by atoms with van der Waals surface area (Å²) < 4.78 is 34.4. The Morgan fingerprint density at radius 1 is 1.19 bits per heavy atom. The predicted octanol–water partition coefficient (Wildman–Crippen LogP) is 3.58. The Balaban J connectivity index is 1.66. The average molecular weight is 463 g/mol. The van der Waals surface area contributed by atoms with Gasteiger partial charge in [-0.15, -0.1) is 0 Å². The number of morpholine rings is 1. The van der Waals surface area contributed by atoms with Crippen molar-refractivity contribution in [3.63, 3.8) is 0 Å². The monoisotopic (exact) mass is 462 g/mol. The molecule has 1 unspecified atom stereocenters. The van der Waals surface area contributed by atoms with Crippen molar-refractivity contribution in [3.8, 4) is 0 Å². The lowest BCUT2D eigenvalue weighted by atomic mass is 9.79. The number of anilines is 1. The third-order valence-electron chi connectivity index (χ3n) is 6.60. The maximum atomic E-state index is 13.4. The Kier molecular flexibility index (Phi) is 6.03. The molecule has 8 heteroatoms. The zero-order chi connectivity index (χ0) is 22.2. The van der Waals surface area contributed by atoms with Crippen molar-refractivity contribution < 1.29 is 17.9 Å². The number of ether oxygens (including phenoxy) is 1. The molecule has 1 aliphatic heterocycles. The molecule has 0 aromatic heterocycles. The zero-order valence-electron chi connectivity index (χ0n) is 17.8. The molecular formula is C23H27ClN2O4S. The molecule has 1 amide bonds. The van der Waals surface area contributed by atoms with E-state index in [2.05, 4.69) is 9.62 Å². The van der Waals surface area contributed by atoms with Gasteiger partial charge in [-0.1, -0.05) is 36.7 Å². The smallest absolute Gasteiger partial charge is 0.264 e. The van der Waals surface area contributed by atoms with Gasteiger partial charge in [0.05, 0.1) is 23.5 Å². The summed E-state index contributed by atoms with van der Waals surface area (Å²) in [5.41, 5.74) is 2.34. The van der Waals surface area contributed by atoms with Crippen LogP contribution >= 0.6 is 11.6 Å². The highest BCUT2D eigenvalue weighted by atomic mass is 35.5. The van der Waals surface area contributed by atoms with Crippen molar-refractivity contribution >= 4 is 33.2 Å². The van der Waals surface area contributed by atoms with Crippen molar-refractivity contribution in [1.82, 2.24) is 4.72 Å². The minimum absolute atomic E-state index is 0.125. The van der Waals surface area contributed by atoms with Gasteiger partial charge in [0.15, 0.2) is 0 Å². The molecule has 166 valence electrons. The van der Waals surface area contributed by atoms with Crippen LogP contribution in [-0.4, -0.2) is 40.6 Å². The van der Waals surface area contributed by atoms with E-state index in [4.69, 9.17) is 16.3 Å². The number of rotatable bonds is 5. The van der Waals surface area contributed by atoms with Crippen LogP contribution in [0, 0.1) is 6.92 Å². The topological polar surface area (TPSA) is 75.7 Å². The molecule has 31 heavy (non-hydrogen) atoms. The number of nitrogens with zero attached hydrogens (tertiary/aromatic N) is 1. The molecule has 4 rings (SSSR count). The molecule has 1 N–H and O–H groups in total. The van der Waals surface area contributed by atoms with E-state index < -0.39 is 21.3 Å². The summed E-state index contributed by atoms with van der Waals surface area (Å²) in [6.45, 7) is 6.30. The summed E-state index contributed by atoms with van der Waals surface area (Å²) in [7, 11) is -4.04. The third-order valence-corrected chi connectivity index (χ3v) is 8.43. The second-order valence-electron chi connectivity index (χ2n) is 8.14. The highest BCUT2D eigenvalue weighted by Crippen LogP contribution is 2.44. The van der Waals surface area contributed by atoms with Crippen molar-refractivity contribution in [2.24, 2.45) is 0 Å². The number of hydrogen-bond acceptors (Lipinski definition) is 5. The number of amides is 1. The van der Waals surface area contributed by atoms with Gasteiger partial charge >= 0.3 is 0 Å². The molecule has 0 saturated carbocycles. The average Bonchev–Trinajstić information content (AvgIpc) is 3.15. The van der Waals surface area contributed by atoms with Crippen LogP contribution in [0.3, 0.4) is 0 Å². The fourth-order valence-corrected chi connectivity index (χ4v) is 6.40. The fraction of sp³-hybridized carbons (Fsp3) is 0.435. The van der Waals surface area contributed by atoms with Crippen LogP contribution in [0.25, 0.3) is 0 Å². The van der Waals surface area contributed by atoms with Gasteiger partial charge in [0, 0.05) is 23.8 Å². The number of benzene rings is 2. The molecule has 6 nitrogen and oxygen atoms in total. The van der Waals surface area contributed by atoms with Crippen LogP contribution in [0.2, 0.25) is 5.02 Å². The van der Waals surface area contributed by atoms with Crippen molar-refractivity contribution in [2.75, 3.05) is 31.2 Å². The van der Waals surface area contributed by atoms with Gasteiger partial charge in [-0.05, 0) is 61.1 Å². The molecule has 1 fully saturated rings. The van der Waals surface area contributed by atoms with E-state index in [1.165, 1.54) is 0 Å².